The van der Waals surface area contributed by atoms with Crippen molar-refractivity contribution in [1.82, 2.24) is 10.1 Å². The molecule has 0 atom stereocenters. The van der Waals surface area contributed by atoms with E-state index in [-0.39, 0.29) is 17.3 Å². The van der Waals surface area contributed by atoms with E-state index in [2.05, 4.69) is 26.1 Å². The smallest absolute Gasteiger partial charge is 0.263 e. The number of hydrogen-bond acceptors (Lipinski definition) is 4. The largest absolute Gasteiger partial charge is 0.334 e. The third-order valence-corrected chi connectivity index (χ3v) is 2.68. The van der Waals surface area contributed by atoms with Crippen molar-refractivity contribution in [1.29, 1.82) is 0 Å². The Bertz CT molecular complexity index is 569. The van der Waals surface area contributed by atoms with E-state index >= 15 is 0 Å². The maximum atomic E-state index is 13.7. The van der Waals surface area contributed by atoms with Crippen LogP contribution in [0, 0.1) is 11.6 Å². The van der Waals surface area contributed by atoms with Gasteiger partial charge in [-0.3, -0.25) is 0 Å². The van der Waals surface area contributed by atoms with E-state index < -0.39 is 17.2 Å². The lowest BCUT2D eigenvalue weighted by Crippen LogP contribution is -2.30. The molecule has 18 heavy (non-hydrogen) atoms. The third kappa shape index (κ3) is 2.41. The Morgan fingerprint density at radius 1 is 1.28 bits per heavy atom. The normalized spacial score (nSPS) is 11.9. The van der Waals surface area contributed by atoms with Gasteiger partial charge in [-0.15, -0.1) is 0 Å². The first-order valence-corrected chi connectivity index (χ1v) is 5.86. The summed E-state index contributed by atoms with van der Waals surface area (Å²) in [5, 5.41) is 3.61. The van der Waals surface area contributed by atoms with Crippen LogP contribution in [0.15, 0.2) is 21.1 Å². The zero-order valence-electron chi connectivity index (χ0n) is 9.67. The van der Waals surface area contributed by atoms with Crippen molar-refractivity contribution in [2.45, 2.75) is 19.4 Å². The molecule has 4 nitrogen and oxygen atoms in total. The number of aromatic nitrogens is 2. The minimum absolute atomic E-state index is 0.180. The lowest BCUT2D eigenvalue weighted by Gasteiger charge is -2.11. The standard InChI is InChI=1S/C11H10BrF2N3O/c1-11(2,15)10-16-9(18-17-10)8-6(13)3-5(12)4-7(8)14/h3-4H,15H2,1-2H3. The van der Waals surface area contributed by atoms with Crippen LogP contribution in [-0.4, -0.2) is 10.1 Å². The Balaban J connectivity index is 2.53. The summed E-state index contributed by atoms with van der Waals surface area (Å²) in [4.78, 5) is 3.91. The molecule has 0 aliphatic carbocycles. The molecular formula is C11H10BrF2N3O. The minimum atomic E-state index is -0.843. The summed E-state index contributed by atoms with van der Waals surface area (Å²) >= 11 is 2.99. The Kier molecular flexibility index (Phi) is 3.20. The number of nitrogens with zero attached hydrogens (tertiary/aromatic N) is 2. The van der Waals surface area contributed by atoms with Gasteiger partial charge in [0.25, 0.3) is 5.89 Å². The van der Waals surface area contributed by atoms with Crippen LogP contribution in [0.2, 0.25) is 0 Å². The van der Waals surface area contributed by atoms with Gasteiger partial charge < -0.3 is 10.3 Å². The fourth-order valence-electron chi connectivity index (χ4n) is 1.33. The zero-order chi connectivity index (χ0) is 13.5. The van der Waals surface area contributed by atoms with E-state index in [1.165, 1.54) is 0 Å². The van der Waals surface area contributed by atoms with Gasteiger partial charge in [0.1, 0.15) is 17.2 Å². The predicted molar refractivity (Wildman–Crippen MR) is 64.6 cm³/mol. The van der Waals surface area contributed by atoms with Crippen molar-refractivity contribution in [3.63, 3.8) is 0 Å². The van der Waals surface area contributed by atoms with Crippen molar-refractivity contribution < 1.29 is 13.3 Å². The van der Waals surface area contributed by atoms with E-state index in [0.717, 1.165) is 12.1 Å². The third-order valence-electron chi connectivity index (χ3n) is 2.22. The highest BCUT2D eigenvalue weighted by atomic mass is 79.9. The molecule has 0 bridgehead atoms. The molecule has 2 rings (SSSR count). The summed E-state index contributed by atoms with van der Waals surface area (Å²) in [6.07, 6.45) is 0. The van der Waals surface area contributed by atoms with Gasteiger partial charge in [-0.1, -0.05) is 21.1 Å². The van der Waals surface area contributed by atoms with Gasteiger partial charge in [-0.25, -0.2) is 8.78 Å². The first-order valence-electron chi connectivity index (χ1n) is 5.07. The second-order valence-corrected chi connectivity index (χ2v) is 5.30. The molecule has 0 saturated carbocycles. The summed E-state index contributed by atoms with van der Waals surface area (Å²) in [5.74, 6) is -1.62. The second-order valence-electron chi connectivity index (χ2n) is 4.39. The van der Waals surface area contributed by atoms with E-state index in [4.69, 9.17) is 10.3 Å². The van der Waals surface area contributed by atoms with E-state index in [1.54, 1.807) is 13.8 Å². The molecular weight excluding hydrogens is 308 g/mol. The molecule has 0 saturated heterocycles. The Morgan fingerprint density at radius 3 is 2.28 bits per heavy atom. The van der Waals surface area contributed by atoms with Gasteiger partial charge in [-0.05, 0) is 26.0 Å². The molecule has 0 aliphatic rings. The monoisotopic (exact) mass is 317 g/mol. The zero-order valence-corrected chi connectivity index (χ0v) is 11.3. The number of nitrogens with two attached hydrogens (primary N) is 1. The van der Waals surface area contributed by atoms with Crippen molar-refractivity contribution in [3.8, 4) is 11.5 Å². The average molecular weight is 318 g/mol. The molecule has 96 valence electrons. The van der Waals surface area contributed by atoms with Crippen LogP contribution in [0.25, 0.3) is 11.5 Å². The van der Waals surface area contributed by atoms with Crippen molar-refractivity contribution in [2.75, 3.05) is 0 Å². The topological polar surface area (TPSA) is 64.9 Å². The van der Waals surface area contributed by atoms with Crippen LogP contribution in [0.3, 0.4) is 0 Å². The molecule has 1 heterocycles. The fraction of sp³-hybridized carbons (Fsp3) is 0.273. The Morgan fingerprint density at radius 2 is 1.83 bits per heavy atom. The van der Waals surface area contributed by atoms with Crippen LogP contribution in [-0.2, 0) is 5.54 Å². The average Bonchev–Trinajstić information content (AvgIpc) is 2.64. The first-order chi connectivity index (χ1) is 8.29. The second kappa shape index (κ2) is 4.40. The molecule has 1 aromatic carbocycles. The Labute approximate surface area is 110 Å². The van der Waals surface area contributed by atoms with E-state index in [9.17, 15) is 8.78 Å². The molecule has 1 aromatic heterocycles. The maximum Gasteiger partial charge on any atom is 0.263 e. The molecule has 2 aromatic rings. The fourth-order valence-corrected chi connectivity index (χ4v) is 1.74. The molecule has 7 heteroatoms. The Hall–Kier alpha value is -1.34. The lowest BCUT2D eigenvalue weighted by atomic mass is 10.1. The molecule has 0 amide bonds. The summed E-state index contributed by atoms with van der Waals surface area (Å²) in [5.41, 5.74) is 4.57. The SMILES string of the molecule is CC(C)(N)c1noc(-c2c(F)cc(Br)cc2F)n1. The van der Waals surface area contributed by atoms with Crippen LogP contribution >= 0.6 is 15.9 Å². The number of rotatable bonds is 2. The molecule has 0 spiro atoms. The van der Waals surface area contributed by atoms with Crippen molar-refractivity contribution in [3.05, 3.63) is 34.1 Å². The van der Waals surface area contributed by atoms with Gasteiger partial charge in [0.15, 0.2) is 5.82 Å². The van der Waals surface area contributed by atoms with Crippen LogP contribution in [0.4, 0.5) is 8.78 Å². The highest BCUT2D eigenvalue weighted by Crippen LogP contribution is 2.28. The highest BCUT2D eigenvalue weighted by molar-refractivity contribution is 9.10. The first kappa shape index (κ1) is 13.1. The van der Waals surface area contributed by atoms with Crippen LogP contribution < -0.4 is 5.73 Å². The molecule has 0 aliphatic heterocycles. The van der Waals surface area contributed by atoms with Gasteiger partial charge in [0.05, 0.1) is 5.54 Å². The summed E-state index contributed by atoms with van der Waals surface area (Å²) < 4.78 is 32.5. The lowest BCUT2D eigenvalue weighted by molar-refractivity contribution is 0.394. The molecule has 2 N–H and O–H groups in total. The number of benzene rings is 1. The van der Waals surface area contributed by atoms with E-state index in [0.29, 0.717) is 4.47 Å². The number of halogens is 3. The van der Waals surface area contributed by atoms with Crippen molar-refractivity contribution in [2.24, 2.45) is 5.73 Å². The number of hydrogen-bond donors (Lipinski definition) is 1. The summed E-state index contributed by atoms with van der Waals surface area (Å²) in [6, 6.07) is 2.24. The van der Waals surface area contributed by atoms with Crippen LogP contribution in [0.1, 0.15) is 19.7 Å². The quantitative estimate of drug-likeness (QED) is 0.924. The molecule has 0 fully saturated rings. The molecule has 0 radical (unpaired) electrons. The predicted octanol–water partition coefficient (Wildman–Crippen LogP) is 2.97. The van der Waals surface area contributed by atoms with Crippen molar-refractivity contribution >= 4 is 15.9 Å². The van der Waals surface area contributed by atoms with Gasteiger partial charge in [0.2, 0.25) is 0 Å². The summed E-state index contributed by atoms with van der Waals surface area (Å²) in [6.45, 7) is 3.33. The van der Waals surface area contributed by atoms with Gasteiger partial charge in [0, 0.05) is 4.47 Å². The highest BCUT2D eigenvalue weighted by Gasteiger charge is 2.25. The van der Waals surface area contributed by atoms with Gasteiger partial charge in [-0.2, -0.15) is 4.98 Å². The minimum Gasteiger partial charge on any atom is -0.334 e. The van der Waals surface area contributed by atoms with E-state index in [1.807, 2.05) is 0 Å². The van der Waals surface area contributed by atoms with Gasteiger partial charge >= 0.3 is 0 Å². The van der Waals surface area contributed by atoms with Crippen LogP contribution in [0.5, 0.6) is 0 Å². The summed E-state index contributed by atoms with van der Waals surface area (Å²) in [7, 11) is 0. The maximum absolute atomic E-state index is 13.7. The molecule has 0 unspecified atom stereocenters.